The summed E-state index contributed by atoms with van der Waals surface area (Å²) in [6.45, 7) is 2.37. The Hall–Kier alpha value is -2.86. The van der Waals surface area contributed by atoms with Gasteiger partial charge >= 0.3 is 0 Å². The first-order valence-electron chi connectivity index (χ1n) is 5.28. The number of nitriles is 2. The fraction of sp³-hybridized carbons (Fsp3) is 0.167. The molecule has 0 N–H and O–H groups in total. The van der Waals surface area contributed by atoms with Gasteiger partial charge in [0.15, 0.2) is 11.4 Å². The minimum absolute atomic E-state index is 0.0844. The largest absolute Gasteiger partial charge is 0.478 e. The number of nitrogens with zero attached hydrogens (tertiary/aromatic N) is 5. The number of pyridine rings is 1. The van der Waals surface area contributed by atoms with Gasteiger partial charge in [0.25, 0.3) is 0 Å². The van der Waals surface area contributed by atoms with Gasteiger partial charge in [-0.25, -0.2) is 4.98 Å². The van der Waals surface area contributed by atoms with Crippen molar-refractivity contribution in [1.29, 1.82) is 10.5 Å². The summed E-state index contributed by atoms with van der Waals surface area (Å²) in [6.07, 6.45) is 1.40. The van der Waals surface area contributed by atoms with E-state index in [0.29, 0.717) is 18.3 Å². The zero-order chi connectivity index (χ0) is 13.0. The lowest BCUT2D eigenvalue weighted by Crippen LogP contribution is -2.02. The van der Waals surface area contributed by atoms with Crippen molar-refractivity contribution >= 4 is 0 Å². The van der Waals surface area contributed by atoms with Gasteiger partial charge in [-0.05, 0) is 13.0 Å². The molecule has 0 aliphatic heterocycles. The van der Waals surface area contributed by atoms with Gasteiger partial charge < -0.3 is 4.74 Å². The molecule has 0 fully saturated rings. The maximum atomic E-state index is 9.03. The number of imidazole rings is 1. The van der Waals surface area contributed by atoms with Gasteiger partial charge in [-0.1, -0.05) is 6.07 Å². The summed E-state index contributed by atoms with van der Waals surface area (Å²) in [6, 6.07) is 9.01. The lowest BCUT2D eigenvalue weighted by Gasteiger charge is -2.05. The maximum Gasteiger partial charge on any atom is 0.215 e. The highest BCUT2D eigenvalue weighted by Gasteiger charge is 2.12. The number of rotatable bonds is 3. The molecule has 0 bridgehead atoms. The van der Waals surface area contributed by atoms with E-state index in [1.807, 2.05) is 19.1 Å². The fourth-order valence-corrected chi connectivity index (χ4v) is 1.48. The van der Waals surface area contributed by atoms with Gasteiger partial charge in [0.05, 0.1) is 6.61 Å². The quantitative estimate of drug-likeness (QED) is 0.808. The molecule has 0 saturated heterocycles. The van der Waals surface area contributed by atoms with Gasteiger partial charge in [-0.3, -0.25) is 4.57 Å². The van der Waals surface area contributed by atoms with E-state index < -0.39 is 0 Å². The van der Waals surface area contributed by atoms with Crippen LogP contribution in [-0.4, -0.2) is 21.1 Å². The first-order valence-corrected chi connectivity index (χ1v) is 5.28. The van der Waals surface area contributed by atoms with Gasteiger partial charge in [-0.15, -0.1) is 0 Å². The molecule has 0 saturated carbocycles. The Morgan fingerprint density at radius 2 is 2.17 bits per heavy atom. The molecule has 2 rings (SSSR count). The van der Waals surface area contributed by atoms with Crippen molar-refractivity contribution in [3.8, 4) is 23.8 Å². The first kappa shape index (κ1) is 11.6. The molecule has 0 amide bonds. The van der Waals surface area contributed by atoms with Crippen LogP contribution in [0.25, 0.3) is 5.82 Å². The van der Waals surface area contributed by atoms with Crippen LogP contribution in [0.3, 0.4) is 0 Å². The Bertz CT molecular complexity index is 647. The molecule has 2 aromatic rings. The number of hydrogen-bond donors (Lipinski definition) is 0. The zero-order valence-electron chi connectivity index (χ0n) is 9.66. The summed E-state index contributed by atoms with van der Waals surface area (Å²) in [5.41, 5.74) is 0.250. The molecule has 6 nitrogen and oxygen atoms in total. The standard InChI is InChI=1S/C12H9N5O/c1-2-18-12-5-3-4-11(16-12)17-8-15-9(6-13)10(17)7-14/h3-5,8H,2H2,1H3. The van der Waals surface area contributed by atoms with E-state index in [-0.39, 0.29) is 11.4 Å². The lowest BCUT2D eigenvalue weighted by molar-refractivity contribution is 0.326. The monoisotopic (exact) mass is 239 g/mol. The predicted octanol–water partition coefficient (Wildman–Crippen LogP) is 1.41. The van der Waals surface area contributed by atoms with E-state index in [9.17, 15) is 0 Å². The number of ether oxygens (including phenoxy) is 1. The van der Waals surface area contributed by atoms with Crippen LogP contribution in [0.2, 0.25) is 0 Å². The Morgan fingerprint density at radius 3 is 2.83 bits per heavy atom. The summed E-state index contributed by atoms with van der Waals surface area (Å²) in [5, 5.41) is 17.9. The van der Waals surface area contributed by atoms with Crippen molar-refractivity contribution in [1.82, 2.24) is 14.5 Å². The van der Waals surface area contributed by atoms with E-state index >= 15 is 0 Å². The second-order valence-corrected chi connectivity index (χ2v) is 3.30. The van der Waals surface area contributed by atoms with Crippen LogP contribution in [-0.2, 0) is 0 Å². The minimum atomic E-state index is 0.0844. The molecule has 2 heterocycles. The molecule has 88 valence electrons. The van der Waals surface area contributed by atoms with Crippen molar-refractivity contribution in [2.45, 2.75) is 6.92 Å². The summed E-state index contributed by atoms with van der Waals surface area (Å²) in [4.78, 5) is 8.09. The number of aromatic nitrogens is 3. The van der Waals surface area contributed by atoms with Crippen molar-refractivity contribution in [2.24, 2.45) is 0 Å². The smallest absolute Gasteiger partial charge is 0.215 e. The Kier molecular flexibility index (Phi) is 3.22. The average molecular weight is 239 g/mol. The highest BCUT2D eigenvalue weighted by molar-refractivity contribution is 5.42. The third kappa shape index (κ3) is 2.00. The molecule has 0 aromatic carbocycles. The van der Waals surface area contributed by atoms with Crippen molar-refractivity contribution in [3.05, 3.63) is 35.9 Å². The highest BCUT2D eigenvalue weighted by Crippen LogP contribution is 2.15. The van der Waals surface area contributed by atoms with Gasteiger partial charge in [0.2, 0.25) is 5.88 Å². The Labute approximate surface area is 104 Å². The fourth-order valence-electron chi connectivity index (χ4n) is 1.48. The van der Waals surface area contributed by atoms with Gasteiger partial charge in [0.1, 0.15) is 24.3 Å². The topological polar surface area (TPSA) is 87.5 Å². The molecule has 0 aliphatic rings. The molecule has 6 heteroatoms. The number of hydrogen-bond acceptors (Lipinski definition) is 5. The molecule has 0 radical (unpaired) electrons. The lowest BCUT2D eigenvalue weighted by atomic mass is 10.3. The third-order valence-electron chi connectivity index (χ3n) is 2.23. The predicted molar refractivity (Wildman–Crippen MR) is 62.0 cm³/mol. The van der Waals surface area contributed by atoms with Gasteiger partial charge in [-0.2, -0.15) is 15.5 Å². The Balaban J connectivity index is 2.50. The van der Waals surface area contributed by atoms with Crippen molar-refractivity contribution < 1.29 is 4.74 Å². The third-order valence-corrected chi connectivity index (χ3v) is 2.23. The minimum Gasteiger partial charge on any atom is -0.478 e. The van der Waals surface area contributed by atoms with Crippen LogP contribution in [0.4, 0.5) is 0 Å². The first-order chi connectivity index (χ1) is 8.80. The average Bonchev–Trinajstić information content (AvgIpc) is 2.82. The van der Waals surface area contributed by atoms with E-state index in [2.05, 4.69) is 9.97 Å². The molecule has 0 aliphatic carbocycles. The highest BCUT2D eigenvalue weighted by atomic mass is 16.5. The normalized spacial score (nSPS) is 9.50. The molecule has 0 spiro atoms. The summed E-state index contributed by atoms with van der Waals surface area (Å²) >= 11 is 0. The summed E-state index contributed by atoms with van der Waals surface area (Å²) in [5.74, 6) is 0.956. The second-order valence-electron chi connectivity index (χ2n) is 3.30. The van der Waals surface area contributed by atoms with E-state index in [1.165, 1.54) is 10.9 Å². The molecule has 0 atom stereocenters. The van der Waals surface area contributed by atoms with E-state index in [0.717, 1.165) is 0 Å². The Morgan fingerprint density at radius 1 is 1.33 bits per heavy atom. The van der Waals surface area contributed by atoms with Crippen LogP contribution in [0.1, 0.15) is 18.3 Å². The molecular weight excluding hydrogens is 230 g/mol. The molecule has 0 unspecified atom stereocenters. The van der Waals surface area contributed by atoms with Gasteiger partial charge in [0, 0.05) is 6.07 Å². The van der Waals surface area contributed by atoms with E-state index in [4.69, 9.17) is 15.3 Å². The second kappa shape index (κ2) is 4.98. The van der Waals surface area contributed by atoms with Crippen LogP contribution in [0.15, 0.2) is 24.5 Å². The zero-order valence-corrected chi connectivity index (χ0v) is 9.66. The molecule has 2 aromatic heterocycles. The van der Waals surface area contributed by atoms with Crippen LogP contribution in [0.5, 0.6) is 5.88 Å². The maximum absolute atomic E-state index is 9.03. The van der Waals surface area contributed by atoms with Crippen molar-refractivity contribution in [2.75, 3.05) is 6.61 Å². The summed E-state index contributed by atoms with van der Waals surface area (Å²) < 4.78 is 6.74. The molecular formula is C12H9N5O. The van der Waals surface area contributed by atoms with Crippen molar-refractivity contribution in [3.63, 3.8) is 0 Å². The van der Waals surface area contributed by atoms with Crippen LogP contribution < -0.4 is 4.74 Å². The van der Waals surface area contributed by atoms with Crippen LogP contribution >= 0.6 is 0 Å². The van der Waals surface area contributed by atoms with Crippen LogP contribution in [0, 0.1) is 22.7 Å². The summed E-state index contributed by atoms with van der Waals surface area (Å²) in [7, 11) is 0. The SMILES string of the molecule is CCOc1cccc(-n2cnc(C#N)c2C#N)n1. The van der Waals surface area contributed by atoms with E-state index in [1.54, 1.807) is 18.2 Å². The molecule has 18 heavy (non-hydrogen) atoms.